The summed E-state index contributed by atoms with van der Waals surface area (Å²) in [5.41, 5.74) is -2.47. The highest BCUT2D eigenvalue weighted by atomic mass is 16.3. The van der Waals surface area contributed by atoms with E-state index in [0.717, 1.165) is 38.5 Å². The van der Waals surface area contributed by atoms with E-state index in [4.69, 9.17) is 0 Å². The zero-order valence-electron chi connectivity index (χ0n) is 28.4. The first-order valence-electron chi connectivity index (χ1n) is 17.3. The van der Waals surface area contributed by atoms with Crippen molar-refractivity contribution < 1.29 is 35.7 Å². The first-order chi connectivity index (χ1) is 19.9. The minimum Gasteiger partial charge on any atom is -0.396 e. The van der Waals surface area contributed by atoms with E-state index < -0.39 is 22.5 Å². The van der Waals surface area contributed by atoms with Gasteiger partial charge in [-0.3, -0.25) is 0 Å². The molecular formula is C35H72O7. The first kappa shape index (κ1) is 41.7. The quantitative estimate of drug-likeness (QED) is 0.0557. The number of hydrogen-bond donors (Lipinski definition) is 7. The molecule has 7 nitrogen and oxygen atoms in total. The molecule has 0 aromatic rings. The average Bonchev–Trinajstić information content (AvgIpc) is 2.97. The van der Waals surface area contributed by atoms with Crippen LogP contribution in [0.1, 0.15) is 144 Å². The largest absolute Gasteiger partial charge is 0.396 e. The van der Waals surface area contributed by atoms with Crippen LogP contribution in [0.5, 0.6) is 0 Å². The molecule has 0 rings (SSSR count). The van der Waals surface area contributed by atoms with Crippen LogP contribution in [0.3, 0.4) is 0 Å². The standard InChI is InChI=1S/C35H72O7/c1-7-33(19-14-29(4)25-38,32(41)24-28(2)3)34(17-10-8-12-22-36,20-15-30(5)26-39)35(42,18-11-9-13-23-37)21-16-31(6)27-40/h28-32,36-42H,7-27H2,1-6H3. The SMILES string of the molecule is CCC(CCC(C)CO)(C(O)CC(C)C)C(CCCCCO)(CCC(C)CO)C(O)(CCCCCO)CCC(C)CO. The van der Waals surface area contributed by atoms with Crippen LogP contribution in [-0.2, 0) is 0 Å². The van der Waals surface area contributed by atoms with E-state index >= 15 is 0 Å². The van der Waals surface area contributed by atoms with Gasteiger partial charge in [-0.1, -0.05) is 67.2 Å². The van der Waals surface area contributed by atoms with Crippen molar-refractivity contribution in [3.8, 4) is 0 Å². The van der Waals surface area contributed by atoms with Gasteiger partial charge in [0.1, 0.15) is 0 Å². The summed E-state index contributed by atoms with van der Waals surface area (Å²) in [7, 11) is 0. The van der Waals surface area contributed by atoms with E-state index in [1.807, 2.05) is 20.8 Å². The maximum Gasteiger partial charge on any atom is 0.0710 e. The zero-order chi connectivity index (χ0) is 32.2. The molecule has 7 unspecified atom stereocenters. The van der Waals surface area contributed by atoms with Gasteiger partial charge in [-0.05, 0) is 101 Å². The molecule has 0 amide bonds. The second-order valence-corrected chi connectivity index (χ2v) is 14.3. The third-order valence-electron chi connectivity index (χ3n) is 10.5. The van der Waals surface area contributed by atoms with Crippen LogP contribution in [0.2, 0.25) is 0 Å². The molecule has 0 fully saturated rings. The minimum absolute atomic E-state index is 0.0310. The molecule has 0 saturated carbocycles. The molecule has 42 heavy (non-hydrogen) atoms. The molecule has 0 radical (unpaired) electrons. The topological polar surface area (TPSA) is 142 Å². The van der Waals surface area contributed by atoms with E-state index in [0.29, 0.717) is 64.2 Å². The Kier molecular flexibility index (Phi) is 22.1. The van der Waals surface area contributed by atoms with Gasteiger partial charge in [0.05, 0.1) is 11.7 Å². The molecular weight excluding hydrogens is 532 g/mol. The lowest BCUT2D eigenvalue weighted by Gasteiger charge is -2.62. The first-order valence-corrected chi connectivity index (χ1v) is 17.3. The van der Waals surface area contributed by atoms with Crippen molar-refractivity contribution in [2.45, 2.75) is 156 Å². The van der Waals surface area contributed by atoms with Crippen molar-refractivity contribution in [2.24, 2.45) is 34.5 Å². The van der Waals surface area contributed by atoms with Crippen LogP contribution in [0.25, 0.3) is 0 Å². The second-order valence-electron chi connectivity index (χ2n) is 14.3. The molecule has 7 N–H and O–H groups in total. The molecule has 254 valence electrons. The van der Waals surface area contributed by atoms with Gasteiger partial charge >= 0.3 is 0 Å². The molecule has 0 spiro atoms. The molecule has 0 aliphatic carbocycles. The van der Waals surface area contributed by atoms with E-state index in [-0.39, 0.29) is 56.7 Å². The fraction of sp³-hybridized carbons (Fsp3) is 1.00. The molecule has 7 heteroatoms. The Labute approximate surface area is 259 Å². The van der Waals surface area contributed by atoms with Crippen LogP contribution in [-0.4, -0.2) is 80.5 Å². The van der Waals surface area contributed by atoms with Crippen LogP contribution in [0.15, 0.2) is 0 Å². The normalized spacial score (nSPS) is 19.6. The number of aliphatic hydroxyl groups excluding tert-OH is 6. The van der Waals surface area contributed by atoms with Crippen molar-refractivity contribution in [3.05, 3.63) is 0 Å². The minimum atomic E-state index is -1.14. The van der Waals surface area contributed by atoms with Crippen LogP contribution in [0.4, 0.5) is 0 Å². The van der Waals surface area contributed by atoms with Crippen LogP contribution >= 0.6 is 0 Å². The molecule has 0 aliphatic rings. The summed E-state index contributed by atoms with van der Waals surface area (Å²) in [4.78, 5) is 0. The molecule has 0 heterocycles. The summed E-state index contributed by atoms with van der Waals surface area (Å²) in [6.45, 7) is 12.9. The van der Waals surface area contributed by atoms with Crippen molar-refractivity contribution >= 4 is 0 Å². The lowest BCUT2D eigenvalue weighted by molar-refractivity contribution is -0.220. The van der Waals surface area contributed by atoms with Crippen molar-refractivity contribution in [1.82, 2.24) is 0 Å². The number of aliphatic hydroxyl groups is 7. The highest BCUT2D eigenvalue weighted by molar-refractivity contribution is 5.11. The van der Waals surface area contributed by atoms with Crippen molar-refractivity contribution in [1.29, 1.82) is 0 Å². The Balaban J connectivity index is 7.49. The predicted molar refractivity (Wildman–Crippen MR) is 173 cm³/mol. The average molecular weight is 605 g/mol. The third kappa shape index (κ3) is 12.6. The van der Waals surface area contributed by atoms with Crippen LogP contribution < -0.4 is 0 Å². The highest BCUT2D eigenvalue weighted by Gasteiger charge is 2.62. The Hall–Kier alpha value is -0.280. The number of unbranched alkanes of at least 4 members (excludes halogenated alkanes) is 4. The molecule has 7 atom stereocenters. The molecule has 0 aromatic heterocycles. The molecule has 0 aliphatic heterocycles. The number of rotatable bonds is 28. The van der Waals surface area contributed by atoms with Crippen molar-refractivity contribution in [2.75, 3.05) is 33.0 Å². The van der Waals surface area contributed by atoms with Gasteiger partial charge in [0.15, 0.2) is 0 Å². The highest BCUT2D eigenvalue weighted by Crippen LogP contribution is 2.63. The van der Waals surface area contributed by atoms with Gasteiger partial charge < -0.3 is 35.7 Å². The van der Waals surface area contributed by atoms with Gasteiger partial charge in [0, 0.05) is 43.9 Å². The van der Waals surface area contributed by atoms with Gasteiger partial charge in [0.25, 0.3) is 0 Å². The smallest absolute Gasteiger partial charge is 0.0710 e. The van der Waals surface area contributed by atoms with Gasteiger partial charge in [-0.15, -0.1) is 0 Å². The van der Waals surface area contributed by atoms with Gasteiger partial charge in [-0.25, -0.2) is 0 Å². The Bertz CT molecular complexity index is 647. The van der Waals surface area contributed by atoms with Crippen molar-refractivity contribution in [3.63, 3.8) is 0 Å². The fourth-order valence-corrected chi connectivity index (χ4v) is 7.48. The molecule has 0 bridgehead atoms. The maximum absolute atomic E-state index is 13.3. The summed E-state index contributed by atoms with van der Waals surface area (Å²) >= 11 is 0. The van der Waals surface area contributed by atoms with Gasteiger partial charge in [0.2, 0.25) is 0 Å². The summed E-state index contributed by atoms with van der Waals surface area (Å²) in [6, 6.07) is 0. The van der Waals surface area contributed by atoms with E-state index in [2.05, 4.69) is 20.8 Å². The van der Waals surface area contributed by atoms with Crippen LogP contribution in [0, 0.1) is 34.5 Å². The monoisotopic (exact) mass is 605 g/mol. The Morgan fingerprint density at radius 1 is 0.548 bits per heavy atom. The van der Waals surface area contributed by atoms with E-state index in [9.17, 15) is 35.7 Å². The summed E-state index contributed by atoms with van der Waals surface area (Å²) < 4.78 is 0. The maximum atomic E-state index is 13.3. The van der Waals surface area contributed by atoms with E-state index in [1.165, 1.54) is 0 Å². The summed E-state index contributed by atoms with van der Waals surface area (Å²) in [6.07, 6.45) is 10.4. The molecule has 0 saturated heterocycles. The lowest BCUT2D eigenvalue weighted by atomic mass is 9.45. The summed E-state index contributed by atoms with van der Waals surface area (Å²) in [5, 5.41) is 74.7. The predicted octanol–water partition coefficient (Wildman–Crippen LogP) is 5.84. The Morgan fingerprint density at radius 2 is 1.00 bits per heavy atom. The van der Waals surface area contributed by atoms with E-state index in [1.54, 1.807) is 0 Å². The summed E-state index contributed by atoms with van der Waals surface area (Å²) in [5.74, 6) is 0.405. The number of hydrogen-bond acceptors (Lipinski definition) is 7. The zero-order valence-corrected chi connectivity index (χ0v) is 28.4. The Morgan fingerprint density at radius 3 is 1.43 bits per heavy atom. The van der Waals surface area contributed by atoms with Gasteiger partial charge in [-0.2, -0.15) is 0 Å². The second kappa shape index (κ2) is 22.3. The molecule has 0 aromatic carbocycles. The fourth-order valence-electron chi connectivity index (χ4n) is 7.48. The lowest BCUT2D eigenvalue weighted by Crippen LogP contribution is -2.62. The third-order valence-corrected chi connectivity index (χ3v) is 10.5.